The lowest BCUT2D eigenvalue weighted by atomic mass is 10.0. The van der Waals surface area contributed by atoms with Crippen LogP contribution in [0.4, 0.5) is 4.79 Å². The molecule has 3 rings (SSSR count). The molecule has 2 aromatic rings. The molecule has 1 aliphatic heterocycles. The van der Waals surface area contributed by atoms with E-state index in [-0.39, 0.29) is 24.1 Å². The van der Waals surface area contributed by atoms with Gasteiger partial charge in [0.25, 0.3) is 5.91 Å². The van der Waals surface area contributed by atoms with Gasteiger partial charge in [0.2, 0.25) is 0 Å². The van der Waals surface area contributed by atoms with Crippen molar-refractivity contribution in [2.75, 3.05) is 26.2 Å². The van der Waals surface area contributed by atoms with Crippen molar-refractivity contribution >= 4 is 23.3 Å². The van der Waals surface area contributed by atoms with Gasteiger partial charge < -0.3 is 20.3 Å². The molecule has 1 atom stereocenters. The van der Waals surface area contributed by atoms with Crippen LogP contribution in [0.1, 0.15) is 48.7 Å². The standard InChI is InChI=1S/C23H31N3O3S/c1-3-17-7-9-18(10-8-17)22(20-6-5-15-30-20)24-16-21(27)25-19-11-13-26(14-12-19)23(28)29-4-2/h5-10,15,19,22,24H,3-4,11-14,16H2,1-2H3,(H,25,27)/p+1/t22-/m0/s1. The van der Waals surface area contributed by atoms with Crippen molar-refractivity contribution in [1.29, 1.82) is 0 Å². The highest BCUT2D eigenvalue weighted by atomic mass is 32.1. The Labute approximate surface area is 182 Å². The fourth-order valence-electron chi connectivity index (χ4n) is 3.78. The first-order valence-electron chi connectivity index (χ1n) is 10.8. The minimum Gasteiger partial charge on any atom is -0.450 e. The van der Waals surface area contributed by atoms with E-state index in [9.17, 15) is 9.59 Å². The molecule has 2 heterocycles. The summed E-state index contributed by atoms with van der Waals surface area (Å²) in [5.74, 6) is 0.0383. The van der Waals surface area contributed by atoms with Crippen LogP contribution in [0.3, 0.4) is 0 Å². The number of amides is 2. The number of hydrogen-bond donors (Lipinski definition) is 2. The number of quaternary nitrogens is 1. The normalized spacial score (nSPS) is 15.6. The average Bonchev–Trinajstić information content (AvgIpc) is 3.29. The molecular formula is C23H32N3O3S+. The first kappa shape index (κ1) is 22.3. The predicted molar refractivity (Wildman–Crippen MR) is 119 cm³/mol. The smallest absolute Gasteiger partial charge is 0.409 e. The quantitative estimate of drug-likeness (QED) is 0.676. The Morgan fingerprint density at radius 1 is 1.20 bits per heavy atom. The highest BCUT2D eigenvalue weighted by molar-refractivity contribution is 7.10. The molecule has 1 aliphatic rings. The van der Waals surface area contributed by atoms with E-state index >= 15 is 0 Å². The summed E-state index contributed by atoms with van der Waals surface area (Å²) in [5.41, 5.74) is 2.53. The fraction of sp³-hybridized carbons (Fsp3) is 0.478. The van der Waals surface area contributed by atoms with Gasteiger partial charge in [-0.05, 0) is 43.2 Å². The van der Waals surface area contributed by atoms with E-state index in [2.05, 4.69) is 59.3 Å². The van der Waals surface area contributed by atoms with Crippen molar-refractivity contribution < 1.29 is 19.6 Å². The van der Waals surface area contributed by atoms with Gasteiger partial charge in [-0.3, -0.25) is 4.79 Å². The largest absolute Gasteiger partial charge is 0.450 e. The van der Waals surface area contributed by atoms with Crippen LogP contribution in [0.15, 0.2) is 41.8 Å². The minimum absolute atomic E-state index is 0.0383. The van der Waals surface area contributed by atoms with E-state index in [4.69, 9.17) is 4.74 Å². The lowest BCUT2D eigenvalue weighted by Crippen LogP contribution is -2.87. The zero-order chi connectivity index (χ0) is 21.3. The van der Waals surface area contributed by atoms with Crippen molar-refractivity contribution in [3.63, 3.8) is 0 Å². The zero-order valence-corrected chi connectivity index (χ0v) is 18.6. The summed E-state index contributed by atoms with van der Waals surface area (Å²) in [6.07, 6.45) is 2.28. The van der Waals surface area contributed by atoms with Gasteiger partial charge in [0.05, 0.1) is 11.5 Å². The summed E-state index contributed by atoms with van der Waals surface area (Å²) in [5, 5.41) is 7.32. The Morgan fingerprint density at radius 3 is 2.53 bits per heavy atom. The molecule has 3 N–H and O–H groups in total. The molecule has 30 heavy (non-hydrogen) atoms. The Bertz CT molecular complexity index is 800. The molecule has 1 aromatic carbocycles. The van der Waals surface area contributed by atoms with Crippen LogP contribution in [0.5, 0.6) is 0 Å². The first-order valence-corrected chi connectivity index (χ1v) is 11.6. The molecule has 162 valence electrons. The van der Waals surface area contributed by atoms with Gasteiger partial charge in [0, 0.05) is 24.7 Å². The maximum Gasteiger partial charge on any atom is 0.409 e. The van der Waals surface area contributed by atoms with Gasteiger partial charge in [-0.15, -0.1) is 11.3 Å². The van der Waals surface area contributed by atoms with E-state index in [0.29, 0.717) is 26.2 Å². The summed E-state index contributed by atoms with van der Waals surface area (Å²) >= 11 is 1.72. The summed E-state index contributed by atoms with van der Waals surface area (Å²) in [7, 11) is 0. The van der Waals surface area contributed by atoms with E-state index in [1.165, 1.54) is 16.0 Å². The number of hydrogen-bond acceptors (Lipinski definition) is 4. The van der Waals surface area contributed by atoms with Gasteiger partial charge in [-0.25, -0.2) is 4.79 Å². The van der Waals surface area contributed by atoms with Crippen LogP contribution in [0.2, 0.25) is 0 Å². The Hall–Kier alpha value is -2.38. The molecule has 1 saturated heterocycles. The van der Waals surface area contributed by atoms with Crippen LogP contribution < -0.4 is 10.6 Å². The molecule has 0 radical (unpaired) electrons. The molecule has 0 spiro atoms. The third kappa shape index (κ3) is 6.06. The third-order valence-corrected chi connectivity index (χ3v) is 6.48. The number of rotatable bonds is 8. The molecule has 2 amide bonds. The zero-order valence-electron chi connectivity index (χ0n) is 17.8. The lowest BCUT2D eigenvalue weighted by Gasteiger charge is -2.31. The third-order valence-electron chi connectivity index (χ3n) is 5.52. The molecule has 1 fully saturated rings. The number of nitrogens with one attached hydrogen (secondary N) is 1. The molecule has 7 heteroatoms. The highest BCUT2D eigenvalue weighted by Gasteiger charge is 2.26. The van der Waals surface area contributed by atoms with Crippen molar-refractivity contribution in [2.24, 2.45) is 0 Å². The van der Waals surface area contributed by atoms with E-state index in [0.717, 1.165) is 19.3 Å². The van der Waals surface area contributed by atoms with Crippen molar-refractivity contribution in [1.82, 2.24) is 10.2 Å². The SMILES string of the molecule is CCOC(=O)N1CCC(NC(=O)C[NH2+][C@@H](c2ccc(CC)cc2)c2cccs2)CC1. The summed E-state index contributed by atoms with van der Waals surface area (Å²) in [4.78, 5) is 27.4. The number of likely N-dealkylation sites (tertiary alicyclic amines) is 1. The number of ether oxygens (including phenoxy) is 1. The Balaban J connectivity index is 1.52. The van der Waals surface area contributed by atoms with Crippen LogP contribution in [0, 0.1) is 0 Å². The predicted octanol–water partition coefficient (Wildman–Crippen LogP) is 2.70. The number of thiophene rings is 1. The summed E-state index contributed by atoms with van der Waals surface area (Å²) in [6.45, 7) is 5.96. The van der Waals surface area contributed by atoms with Crippen LogP contribution in [0.25, 0.3) is 0 Å². The molecule has 0 bridgehead atoms. The van der Waals surface area contributed by atoms with Gasteiger partial charge >= 0.3 is 6.09 Å². The summed E-state index contributed by atoms with van der Waals surface area (Å²) < 4.78 is 5.05. The maximum atomic E-state index is 12.6. The Morgan fingerprint density at radius 2 is 1.93 bits per heavy atom. The van der Waals surface area contributed by atoms with E-state index in [1.54, 1.807) is 16.2 Å². The van der Waals surface area contributed by atoms with E-state index in [1.807, 2.05) is 6.92 Å². The number of nitrogens with zero attached hydrogens (tertiary/aromatic N) is 1. The number of carbonyl (C=O) groups excluding carboxylic acids is 2. The van der Waals surface area contributed by atoms with Crippen molar-refractivity contribution in [3.8, 4) is 0 Å². The van der Waals surface area contributed by atoms with Crippen LogP contribution in [-0.4, -0.2) is 49.2 Å². The van der Waals surface area contributed by atoms with Crippen LogP contribution in [-0.2, 0) is 16.0 Å². The fourth-order valence-corrected chi connectivity index (χ4v) is 4.63. The molecule has 0 saturated carbocycles. The molecule has 1 aromatic heterocycles. The van der Waals surface area contributed by atoms with Crippen LogP contribution >= 0.6 is 11.3 Å². The molecular weight excluding hydrogens is 398 g/mol. The number of benzene rings is 1. The van der Waals surface area contributed by atoms with E-state index < -0.39 is 0 Å². The number of carbonyl (C=O) groups is 2. The highest BCUT2D eigenvalue weighted by Crippen LogP contribution is 2.23. The second-order valence-electron chi connectivity index (χ2n) is 7.56. The molecule has 0 unspecified atom stereocenters. The average molecular weight is 431 g/mol. The lowest BCUT2D eigenvalue weighted by molar-refractivity contribution is -0.676. The first-order chi connectivity index (χ1) is 14.6. The second-order valence-corrected chi connectivity index (χ2v) is 8.54. The molecule has 0 aliphatic carbocycles. The van der Waals surface area contributed by atoms with Gasteiger partial charge in [-0.1, -0.05) is 37.3 Å². The number of aryl methyl sites for hydroxylation is 1. The van der Waals surface area contributed by atoms with Gasteiger partial charge in [-0.2, -0.15) is 0 Å². The monoisotopic (exact) mass is 430 g/mol. The van der Waals surface area contributed by atoms with Crippen molar-refractivity contribution in [2.45, 2.75) is 45.2 Å². The number of nitrogens with two attached hydrogens (primary N) is 1. The summed E-state index contributed by atoms with van der Waals surface area (Å²) in [6, 6.07) is 13.1. The maximum absolute atomic E-state index is 12.6. The van der Waals surface area contributed by atoms with Gasteiger partial charge in [0.1, 0.15) is 6.04 Å². The Kier molecular flexibility index (Phi) is 8.28. The second kappa shape index (κ2) is 11.1. The van der Waals surface area contributed by atoms with Crippen molar-refractivity contribution in [3.05, 3.63) is 57.8 Å². The number of piperidine rings is 1. The van der Waals surface area contributed by atoms with Gasteiger partial charge in [0.15, 0.2) is 6.54 Å². The molecule has 6 nitrogen and oxygen atoms in total. The minimum atomic E-state index is -0.261. The topological polar surface area (TPSA) is 75.2 Å².